The standard InChI is InChI=1S/C12H24N2O3/c1-7(2)5-9(6-10(15)16)14-12(17)11(13)8(3)4/h7-9,11H,5-6,13H2,1-4H3,(H,14,17)(H,15,16). The van der Waals surface area contributed by atoms with E-state index in [0.29, 0.717) is 12.3 Å². The van der Waals surface area contributed by atoms with Gasteiger partial charge in [-0.2, -0.15) is 0 Å². The molecule has 0 rings (SSSR count). The Morgan fingerprint density at radius 3 is 2.12 bits per heavy atom. The highest BCUT2D eigenvalue weighted by atomic mass is 16.4. The molecule has 0 aliphatic heterocycles. The van der Waals surface area contributed by atoms with Gasteiger partial charge in [-0.05, 0) is 18.3 Å². The first kappa shape index (κ1) is 15.9. The highest BCUT2D eigenvalue weighted by Crippen LogP contribution is 2.09. The van der Waals surface area contributed by atoms with E-state index in [9.17, 15) is 9.59 Å². The van der Waals surface area contributed by atoms with Gasteiger partial charge in [-0.25, -0.2) is 0 Å². The van der Waals surface area contributed by atoms with Crippen LogP contribution in [-0.2, 0) is 9.59 Å². The Morgan fingerprint density at radius 2 is 1.76 bits per heavy atom. The van der Waals surface area contributed by atoms with Crippen molar-refractivity contribution < 1.29 is 14.7 Å². The number of nitrogens with two attached hydrogens (primary N) is 1. The first-order valence-electron chi connectivity index (χ1n) is 6.01. The smallest absolute Gasteiger partial charge is 0.305 e. The van der Waals surface area contributed by atoms with Gasteiger partial charge in [-0.3, -0.25) is 9.59 Å². The number of carboxylic acids is 1. The maximum atomic E-state index is 11.7. The Hall–Kier alpha value is -1.10. The average molecular weight is 244 g/mol. The van der Waals surface area contributed by atoms with Crippen molar-refractivity contribution in [1.29, 1.82) is 0 Å². The number of rotatable bonds is 7. The van der Waals surface area contributed by atoms with Crippen LogP contribution in [0.25, 0.3) is 0 Å². The lowest BCUT2D eigenvalue weighted by atomic mass is 9.99. The number of hydrogen-bond acceptors (Lipinski definition) is 3. The number of aliphatic carboxylic acids is 1. The van der Waals surface area contributed by atoms with Crippen LogP contribution in [-0.4, -0.2) is 29.1 Å². The second-order valence-corrected chi connectivity index (χ2v) is 5.20. The van der Waals surface area contributed by atoms with Gasteiger partial charge >= 0.3 is 5.97 Å². The van der Waals surface area contributed by atoms with Crippen molar-refractivity contribution in [3.8, 4) is 0 Å². The summed E-state index contributed by atoms with van der Waals surface area (Å²) in [6.45, 7) is 7.70. The van der Waals surface area contributed by atoms with Crippen LogP contribution in [0.2, 0.25) is 0 Å². The van der Waals surface area contributed by atoms with Crippen molar-refractivity contribution in [2.45, 2.75) is 52.6 Å². The van der Waals surface area contributed by atoms with E-state index < -0.39 is 12.0 Å². The van der Waals surface area contributed by atoms with Crippen LogP contribution < -0.4 is 11.1 Å². The van der Waals surface area contributed by atoms with Crippen molar-refractivity contribution in [2.24, 2.45) is 17.6 Å². The zero-order valence-electron chi connectivity index (χ0n) is 11.1. The van der Waals surface area contributed by atoms with E-state index in [0.717, 1.165) is 0 Å². The molecule has 0 saturated heterocycles. The predicted octanol–water partition coefficient (Wildman–Crippen LogP) is 0.975. The minimum Gasteiger partial charge on any atom is -0.481 e. The summed E-state index contributed by atoms with van der Waals surface area (Å²) in [5.41, 5.74) is 5.71. The molecule has 4 N–H and O–H groups in total. The van der Waals surface area contributed by atoms with E-state index in [1.54, 1.807) is 0 Å². The highest BCUT2D eigenvalue weighted by molar-refractivity contribution is 5.82. The maximum absolute atomic E-state index is 11.7. The van der Waals surface area contributed by atoms with Crippen molar-refractivity contribution in [1.82, 2.24) is 5.32 Å². The minimum absolute atomic E-state index is 0.0412. The lowest BCUT2D eigenvalue weighted by Crippen LogP contribution is -2.48. The molecule has 17 heavy (non-hydrogen) atoms. The van der Waals surface area contributed by atoms with Crippen LogP contribution in [0.4, 0.5) is 0 Å². The largest absolute Gasteiger partial charge is 0.481 e. The first-order chi connectivity index (χ1) is 7.73. The summed E-state index contributed by atoms with van der Waals surface area (Å²) in [4.78, 5) is 22.4. The lowest BCUT2D eigenvalue weighted by molar-refractivity contribution is -0.137. The molecule has 0 spiro atoms. The number of carboxylic acid groups (broad SMARTS) is 1. The fraction of sp³-hybridized carbons (Fsp3) is 0.833. The first-order valence-corrected chi connectivity index (χ1v) is 6.01. The second kappa shape index (κ2) is 7.27. The van der Waals surface area contributed by atoms with Crippen LogP contribution in [0.3, 0.4) is 0 Å². The van der Waals surface area contributed by atoms with Crippen LogP contribution in [0.15, 0.2) is 0 Å². The van der Waals surface area contributed by atoms with Crippen LogP contribution >= 0.6 is 0 Å². The molecule has 1 amide bonds. The number of carbonyl (C=O) groups is 2. The van der Waals surface area contributed by atoms with Gasteiger partial charge in [0.2, 0.25) is 5.91 Å². The molecule has 0 aliphatic carbocycles. The average Bonchev–Trinajstić information content (AvgIpc) is 2.13. The van der Waals surface area contributed by atoms with Gasteiger partial charge in [-0.1, -0.05) is 27.7 Å². The van der Waals surface area contributed by atoms with E-state index in [1.807, 2.05) is 27.7 Å². The van der Waals surface area contributed by atoms with Crippen molar-refractivity contribution >= 4 is 11.9 Å². The topological polar surface area (TPSA) is 92.4 Å². The molecular formula is C12H24N2O3. The summed E-state index contributed by atoms with van der Waals surface area (Å²) < 4.78 is 0. The fourth-order valence-electron chi connectivity index (χ4n) is 1.57. The molecule has 0 bridgehead atoms. The number of carbonyl (C=O) groups excluding carboxylic acids is 1. The number of nitrogens with one attached hydrogen (secondary N) is 1. The zero-order valence-corrected chi connectivity index (χ0v) is 11.1. The third-order valence-corrected chi connectivity index (χ3v) is 2.54. The second-order valence-electron chi connectivity index (χ2n) is 5.20. The molecule has 0 saturated carbocycles. The SMILES string of the molecule is CC(C)CC(CC(=O)O)NC(=O)C(N)C(C)C. The molecule has 0 aliphatic rings. The molecule has 5 heteroatoms. The Morgan fingerprint density at radius 1 is 1.24 bits per heavy atom. The van der Waals surface area contributed by atoms with Crippen molar-refractivity contribution in [3.05, 3.63) is 0 Å². The molecule has 100 valence electrons. The van der Waals surface area contributed by atoms with E-state index in [4.69, 9.17) is 10.8 Å². The summed E-state index contributed by atoms with van der Waals surface area (Å²) in [5, 5.41) is 11.5. The molecule has 2 unspecified atom stereocenters. The summed E-state index contributed by atoms with van der Waals surface area (Å²) in [6.07, 6.45) is 0.581. The monoisotopic (exact) mass is 244 g/mol. The number of hydrogen-bond donors (Lipinski definition) is 3. The van der Waals surface area contributed by atoms with Gasteiger partial charge in [-0.15, -0.1) is 0 Å². The molecule has 0 fully saturated rings. The van der Waals surface area contributed by atoms with E-state index in [1.165, 1.54) is 0 Å². The highest BCUT2D eigenvalue weighted by Gasteiger charge is 2.22. The van der Waals surface area contributed by atoms with Gasteiger partial charge < -0.3 is 16.2 Å². The maximum Gasteiger partial charge on any atom is 0.305 e. The summed E-state index contributed by atoms with van der Waals surface area (Å²) in [5.74, 6) is -0.810. The Balaban J connectivity index is 4.41. The molecule has 2 atom stereocenters. The van der Waals surface area contributed by atoms with Crippen LogP contribution in [0.5, 0.6) is 0 Å². The Labute approximate surface area is 103 Å². The van der Waals surface area contributed by atoms with Gasteiger partial charge in [0.25, 0.3) is 0 Å². The van der Waals surface area contributed by atoms with Crippen molar-refractivity contribution in [3.63, 3.8) is 0 Å². The van der Waals surface area contributed by atoms with Crippen LogP contribution in [0, 0.1) is 11.8 Å². The van der Waals surface area contributed by atoms with E-state index in [-0.39, 0.29) is 24.3 Å². The molecule has 0 radical (unpaired) electrons. The summed E-state index contributed by atoms with van der Waals surface area (Å²) >= 11 is 0. The lowest BCUT2D eigenvalue weighted by Gasteiger charge is -2.22. The van der Waals surface area contributed by atoms with Gasteiger partial charge in [0.05, 0.1) is 12.5 Å². The third kappa shape index (κ3) is 6.94. The van der Waals surface area contributed by atoms with Gasteiger partial charge in [0.15, 0.2) is 0 Å². The fourth-order valence-corrected chi connectivity index (χ4v) is 1.57. The quantitative estimate of drug-likeness (QED) is 0.622. The normalized spacial score (nSPS) is 14.8. The molecular weight excluding hydrogens is 220 g/mol. The molecule has 0 heterocycles. The van der Waals surface area contributed by atoms with E-state index >= 15 is 0 Å². The van der Waals surface area contributed by atoms with Gasteiger partial charge in [0.1, 0.15) is 0 Å². The van der Waals surface area contributed by atoms with E-state index in [2.05, 4.69) is 5.32 Å². The molecule has 0 aromatic rings. The molecule has 0 aromatic heterocycles. The van der Waals surface area contributed by atoms with Crippen molar-refractivity contribution in [2.75, 3.05) is 0 Å². The number of amides is 1. The van der Waals surface area contributed by atoms with Gasteiger partial charge in [0, 0.05) is 6.04 Å². The third-order valence-electron chi connectivity index (χ3n) is 2.54. The minimum atomic E-state index is -0.908. The van der Waals surface area contributed by atoms with Crippen LogP contribution in [0.1, 0.15) is 40.5 Å². The predicted molar refractivity (Wildman–Crippen MR) is 66.5 cm³/mol. The molecule has 0 aromatic carbocycles. The summed E-state index contributed by atoms with van der Waals surface area (Å²) in [7, 11) is 0. The Bertz CT molecular complexity index is 264. The molecule has 5 nitrogen and oxygen atoms in total. The zero-order chi connectivity index (χ0) is 13.6. The Kier molecular flexibility index (Phi) is 6.80. The summed E-state index contributed by atoms with van der Waals surface area (Å²) in [6, 6.07) is -0.928.